The van der Waals surface area contributed by atoms with Gasteiger partial charge in [-0.3, -0.25) is 9.59 Å². The molecule has 96 valence electrons. The summed E-state index contributed by atoms with van der Waals surface area (Å²) in [7, 11) is 0. The SMILES string of the molecule is Nc1cc(N)cc(C(=O)N2CCCNC(=O)C2)c1. The molecule has 1 saturated heterocycles. The highest BCUT2D eigenvalue weighted by molar-refractivity contribution is 5.98. The molecule has 6 heteroatoms. The van der Waals surface area contributed by atoms with E-state index in [0.717, 1.165) is 6.42 Å². The minimum Gasteiger partial charge on any atom is -0.399 e. The summed E-state index contributed by atoms with van der Waals surface area (Å²) in [5, 5.41) is 2.72. The molecule has 1 heterocycles. The Kier molecular flexibility index (Phi) is 3.36. The van der Waals surface area contributed by atoms with Crippen molar-refractivity contribution >= 4 is 23.2 Å². The van der Waals surface area contributed by atoms with Gasteiger partial charge in [0.05, 0.1) is 6.54 Å². The molecule has 0 spiro atoms. The van der Waals surface area contributed by atoms with Crippen LogP contribution in [0.1, 0.15) is 16.8 Å². The average Bonchev–Trinajstić information content (AvgIpc) is 2.51. The first-order valence-corrected chi connectivity index (χ1v) is 5.78. The monoisotopic (exact) mass is 248 g/mol. The van der Waals surface area contributed by atoms with Gasteiger partial charge in [-0.1, -0.05) is 0 Å². The lowest BCUT2D eigenvalue weighted by atomic mass is 10.1. The Morgan fingerprint density at radius 2 is 1.89 bits per heavy atom. The van der Waals surface area contributed by atoms with Gasteiger partial charge in [-0.25, -0.2) is 0 Å². The lowest BCUT2D eigenvalue weighted by molar-refractivity contribution is -0.121. The van der Waals surface area contributed by atoms with Gasteiger partial charge >= 0.3 is 0 Å². The molecule has 0 bridgehead atoms. The zero-order chi connectivity index (χ0) is 13.1. The zero-order valence-electron chi connectivity index (χ0n) is 9.98. The summed E-state index contributed by atoms with van der Waals surface area (Å²) in [6.45, 7) is 1.22. The molecule has 0 atom stereocenters. The smallest absolute Gasteiger partial charge is 0.254 e. The molecule has 1 aromatic carbocycles. The summed E-state index contributed by atoms with van der Waals surface area (Å²) in [6.07, 6.45) is 0.745. The van der Waals surface area contributed by atoms with Gasteiger partial charge < -0.3 is 21.7 Å². The number of amides is 2. The third-order valence-electron chi connectivity index (χ3n) is 2.77. The fourth-order valence-electron chi connectivity index (χ4n) is 1.96. The maximum absolute atomic E-state index is 12.2. The quantitative estimate of drug-likeness (QED) is 0.600. The van der Waals surface area contributed by atoms with Crippen LogP contribution in [0.3, 0.4) is 0 Å². The van der Waals surface area contributed by atoms with E-state index in [1.54, 1.807) is 18.2 Å². The lowest BCUT2D eigenvalue weighted by Gasteiger charge is -2.19. The Hall–Kier alpha value is -2.24. The molecular weight excluding hydrogens is 232 g/mol. The number of hydrogen-bond acceptors (Lipinski definition) is 4. The first-order valence-electron chi connectivity index (χ1n) is 5.78. The van der Waals surface area contributed by atoms with Crippen LogP contribution in [0.2, 0.25) is 0 Å². The Labute approximate surface area is 105 Å². The van der Waals surface area contributed by atoms with Crippen molar-refractivity contribution < 1.29 is 9.59 Å². The number of rotatable bonds is 1. The molecular formula is C12H16N4O2. The molecule has 0 radical (unpaired) electrons. The van der Waals surface area contributed by atoms with Crippen LogP contribution >= 0.6 is 0 Å². The lowest BCUT2D eigenvalue weighted by Crippen LogP contribution is -2.37. The van der Waals surface area contributed by atoms with Crippen molar-refractivity contribution in [3.63, 3.8) is 0 Å². The van der Waals surface area contributed by atoms with Crippen LogP contribution in [-0.4, -0.2) is 36.3 Å². The Balaban J connectivity index is 2.21. The van der Waals surface area contributed by atoms with E-state index >= 15 is 0 Å². The van der Waals surface area contributed by atoms with E-state index in [1.165, 1.54) is 4.90 Å². The maximum atomic E-state index is 12.2. The molecule has 2 amide bonds. The van der Waals surface area contributed by atoms with Crippen molar-refractivity contribution in [1.82, 2.24) is 10.2 Å². The van der Waals surface area contributed by atoms with Crippen molar-refractivity contribution in [2.45, 2.75) is 6.42 Å². The van der Waals surface area contributed by atoms with E-state index in [4.69, 9.17) is 11.5 Å². The third kappa shape index (κ3) is 2.71. The first-order chi connectivity index (χ1) is 8.56. The maximum Gasteiger partial charge on any atom is 0.254 e. The second-order valence-electron chi connectivity index (χ2n) is 4.32. The van der Waals surface area contributed by atoms with Crippen molar-refractivity contribution in [2.24, 2.45) is 0 Å². The summed E-state index contributed by atoms with van der Waals surface area (Å²) >= 11 is 0. The molecule has 0 unspecified atom stereocenters. The number of carbonyl (C=O) groups excluding carboxylic acids is 2. The molecule has 2 rings (SSSR count). The van der Waals surface area contributed by atoms with E-state index in [2.05, 4.69) is 5.32 Å². The topological polar surface area (TPSA) is 101 Å². The highest BCUT2D eigenvalue weighted by Gasteiger charge is 2.21. The summed E-state index contributed by atoms with van der Waals surface area (Å²) in [4.78, 5) is 25.2. The van der Waals surface area contributed by atoms with E-state index in [1.807, 2.05) is 0 Å². The molecule has 1 aromatic rings. The van der Waals surface area contributed by atoms with Crippen LogP contribution in [0, 0.1) is 0 Å². The van der Waals surface area contributed by atoms with Crippen molar-refractivity contribution in [3.05, 3.63) is 23.8 Å². The molecule has 1 fully saturated rings. The standard InChI is InChI=1S/C12H16N4O2/c13-9-4-8(5-10(14)6-9)12(18)16-3-1-2-15-11(17)7-16/h4-6H,1-3,7,13-14H2,(H,15,17). The molecule has 0 saturated carbocycles. The van der Waals surface area contributed by atoms with Crippen molar-refractivity contribution in [3.8, 4) is 0 Å². The molecule has 1 aliphatic rings. The van der Waals surface area contributed by atoms with Gasteiger partial charge in [0, 0.05) is 30.0 Å². The third-order valence-corrected chi connectivity index (χ3v) is 2.77. The van der Waals surface area contributed by atoms with Crippen LogP contribution in [0.15, 0.2) is 18.2 Å². The van der Waals surface area contributed by atoms with Crippen molar-refractivity contribution in [2.75, 3.05) is 31.1 Å². The van der Waals surface area contributed by atoms with Gasteiger partial charge in [-0.05, 0) is 24.6 Å². The molecule has 1 aliphatic heterocycles. The number of anilines is 2. The minimum atomic E-state index is -0.217. The number of benzene rings is 1. The molecule has 0 aliphatic carbocycles. The zero-order valence-corrected chi connectivity index (χ0v) is 9.98. The number of nitrogens with one attached hydrogen (secondary N) is 1. The normalized spacial score (nSPS) is 16.0. The number of hydrogen-bond donors (Lipinski definition) is 3. The van der Waals surface area contributed by atoms with Crippen LogP contribution in [0.4, 0.5) is 11.4 Å². The van der Waals surface area contributed by atoms with E-state index in [9.17, 15) is 9.59 Å². The van der Waals surface area contributed by atoms with Crippen LogP contribution in [0.5, 0.6) is 0 Å². The number of nitrogen functional groups attached to an aromatic ring is 2. The van der Waals surface area contributed by atoms with E-state index < -0.39 is 0 Å². The molecule has 18 heavy (non-hydrogen) atoms. The first kappa shape index (κ1) is 12.2. The predicted molar refractivity (Wildman–Crippen MR) is 68.8 cm³/mol. The highest BCUT2D eigenvalue weighted by Crippen LogP contribution is 2.16. The largest absolute Gasteiger partial charge is 0.399 e. The summed E-state index contributed by atoms with van der Waals surface area (Å²) in [5.74, 6) is -0.358. The van der Waals surface area contributed by atoms with Crippen LogP contribution in [-0.2, 0) is 4.79 Å². The summed E-state index contributed by atoms with van der Waals surface area (Å²) in [6, 6.07) is 4.73. The fraction of sp³-hybridized carbons (Fsp3) is 0.333. The second-order valence-corrected chi connectivity index (χ2v) is 4.32. The fourth-order valence-corrected chi connectivity index (χ4v) is 1.96. The predicted octanol–water partition coefficient (Wildman–Crippen LogP) is -0.187. The van der Waals surface area contributed by atoms with Gasteiger partial charge in [-0.2, -0.15) is 0 Å². The highest BCUT2D eigenvalue weighted by atomic mass is 16.2. The second kappa shape index (κ2) is 4.95. The number of carbonyl (C=O) groups is 2. The van der Waals surface area contributed by atoms with Gasteiger partial charge in [0.1, 0.15) is 0 Å². The van der Waals surface area contributed by atoms with Crippen LogP contribution in [0.25, 0.3) is 0 Å². The van der Waals surface area contributed by atoms with Crippen molar-refractivity contribution in [1.29, 1.82) is 0 Å². The Bertz CT molecular complexity index is 467. The average molecular weight is 248 g/mol. The number of nitrogens with two attached hydrogens (primary N) is 2. The molecule has 6 nitrogen and oxygen atoms in total. The van der Waals surface area contributed by atoms with E-state index in [-0.39, 0.29) is 18.4 Å². The molecule has 0 aromatic heterocycles. The summed E-state index contributed by atoms with van der Waals surface area (Å²) in [5.41, 5.74) is 12.6. The number of nitrogens with zero attached hydrogens (tertiary/aromatic N) is 1. The minimum absolute atomic E-state index is 0.0769. The van der Waals surface area contributed by atoms with E-state index in [0.29, 0.717) is 30.0 Å². The Morgan fingerprint density at radius 1 is 1.22 bits per heavy atom. The van der Waals surface area contributed by atoms with Gasteiger partial charge in [0.2, 0.25) is 5.91 Å². The van der Waals surface area contributed by atoms with Gasteiger partial charge in [0.15, 0.2) is 0 Å². The Morgan fingerprint density at radius 3 is 2.56 bits per heavy atom. The molecule has 5 N–H and O–H groups in total. The summed E-state index contributed by atoms with van der Waals surface area (Å²) < 4.78 is 0. The van der Waals surface area contributed by atoms with Gasteiger partial charge in [0.25, 0.3) is 5.91 Å². The van der Waals surface area contributed by atoms with Gasteiger partial charge in [-0.15, -0.1) is 0 Å². The van der Waals surface area contributed by atoms with Crippen LogP contribution < -0.4 is 16.8 Å².